The lowest BCUT2D eigenvalue weighted by Crippen LogP contribution is -2.54. The van der Waals surface area contributed by atoms with Gasteiger partial charge in [0, 0.05) is 51.4 Å². The number of hydrogen-bond donors (Lipinski definition) is 0. The highest BCUT2D eigenvalue weighted by molar-refractivity contribution is 5.96. The van der Waals surface area contributed by atoms with Gasteiger partial charge < -0.3 is 19.1 Å². The van der Waals surface area contributed by atoms with E-state index in [1.165, 1.54) is 17.8 Å². The molecule has 0 unspecified atom stereocenters. The Labute approximate surface area is 270 Å². The van der Waals surface area contributed by atoms with Crippen LogP contribution in [0.1, 0.15) is 58.6 Å². The average molecular weight is 650 g/mol. The van der Waals surface area contributed by atoms with Crippen molar-refractivity contribution in [1.82, 2.24) is 14.9 Å². The van der Waals surface area contributed by atoms with Crippen LogP contribution < -0.4 is 9.80 Å². The van der Waals surface area contributed by atoms with Crippen molar-refractivity contribution >= 4 is 23.5 Å². The van der Waals surface area contributed by atoms with Crippen LogP contribution in [0.5, 0.6) is 0 Å². The number of benzene rings is 2. The number of rotatable bonds is 8. The van der Waals surface area contributed by atoms with E-state index < -0.39 is 29.2 Å². The van der Waals surface area contributed by atoms with Gasteiger partial charge in [-0.05, 0) is 54.5 Å². The number of alkyl halides is 3. The quantitative estimate of drug-likeness (QED) is 0.163. The minimum atomic E-state index is -4.86. The zero-order chi connectivity index (χ0) is 33.1. The monoisotopic (exact) mass is 649 g/mol. The minimum Gasteiger partial charge on any atom is -0.420 e. The SMILES string of the molecule is C[C@H]1CN(C(=O)Cc2ccccc2F)CCN1c1ccc(CC(=O)c2oc(N3CCC(c4ccccc4)CC3)nc2C(F)(F)F)cn1. The number of aromatic nitrogens is 2. The molecule has 0 aliphatic carbocycles. The largest absolute Gasteiger partial charge is 0.437 e. The van der Waals surface area contributed by atoms with Crippen LogP contribution in [0.2, 0.25) is 0 Å². The lowest BCUT2D eigenvalue weighted by molar-refractivity contribution is -0.141. The second kappa shape index (κ2) is 13.5. The molecule has 2 fully saturated rings. The third-order valence-corrected chi connectivity index (χ3v) is 8.92. The summed E-state index contributed by atoms with van der Waals surface area (Å²) >= 11 is 0. The fourth-order valence-corrected chi connectivity index (χ4v) is 6.35. The third kappa shape index (κ3) is 7.31. The van der Waals surface area contributed by atoms with E-state index in [-0.39, 0.29) is 30.8 Å². The molecule has 2 saturated heterocycles. The van der Waals surface area contributed by atoms with Crippen LogP contribution in [0.4, 0.5) is 29.4 Å². The number of anilines is 2. The van der Waals surface area contributed by atoms with E-state index in [0.29, 0.717) is 55.6 Å². The van der Waals surface area contributed by atoms with Gasteiger partial charge in [-0.15, -0.1) is 0 Å². The van der Waals surface area contributed by atoms with E-state index in [1.54, 1.807) is 40.1 Å². The molecule has 2 aromatic heterocycles. The van der Waals surface area contributed by atoms with Crippen LogP contribution in [0.15, 0.2) is 77.3 Å². The van der Waals surface area contributed by atoms with Crippen LogP contribution in [-0.2, 0) is 23.8 Å². The van der Waals surface area contributed by atoms with Gasteiger partial charge in [0.1, 0.15) is 11.6 Å². The van der Waals surface area contributed by atoms with Crippen LogP contribution in [0.25, 0.3) is 0 Å². The third-order valence-electron chi connectivity index (χ3n) is 8.92. The van der Waals surface area contributed by atoms with Crippen molar-refractivity contribution in [3.63, 3.8) is 0 Å². The zero-order valence-corrected chi connectivity index (χ0v) is 25.9. The molecule has 2 aliphatic heterocycles. The number of halogens is 4. The normalized spacial score (nSPS) is 17.6. The predicted octanol–water partition coefficient (Wildman–Crippen LogP) is 6.32. The first-order chi connectivity index (χ1) is 22.6. The molecule has 47 heavy (non-hydrogen) atoms. The molecular weight excluding hydrogens is 614 g/mol. The maximum atomic E-state index is 14.0. The summed E-state index contributed by atoms with van der Waals surface area (Å²) in [5.74, 6) is -1.29. The minimum absolute atomic E-state index is 0.0180. The predicted molar refractivity (Wildman–Crippen MR) is 168 cm³/mol. The standard InChI is InChI=1S/C35H35F4N5O3/c1-23-22-43(31(46)20-27-9-5-6-10-28(27)36)17-18-44(23)30-12-11-24(21-40-30)19-29(45)32-33(35(37,38)39)41-34(47-32)42-15-13-26(14-16-42)25-7-3-2-4-8-25/h2-12,21,23,26H,13-20,22H2,1H3/t23-/m0/s1. The maximum absolute atomic E-state index is 14.0. The molecule has 0 spiro atoms. The number of pyridine rings is 1. The number of oxazole rings is 1. The number of ketones is 1. The van der Waals surface area contributed by atoms with Crippen LogP contribution in [-0.4, -0.2) is 65.3 Å². The molecule has 1 atom stereocenters. The lowest BCUT2D eigenvalue weighted by atomic mass is 9.90. The Morgan fingerprint density at radius 1 is 0.915 bits per heavy atom. The van der Waals surface area contributed by atoms with Crippen LogP contribution in [0, 0.1) is 5.82 Å². The summed E-state index contributed by atoms with van der Waals surface area (Å²) in [5.41, 5.74) is 0.657. The summed E-state index contributed by atoms with van der Waals surface area (Å²) in [6.07, 6.45) is -2.29. The summed E-state index contributed by atoms with van der Waals surface area (Å²) in [6, 6.07) is 19.3. The van der Waals surface area contributed by atoms with Crippen molar-refractivity contribution in [1.29, 1.82) is 0 Å². The molecule has 0 radical (unpaired) electrons. The fraction of sp³-hybridized carbons (Fsp3) is 0.371. The fourth-order valence-electron chi connectivity index (χ4n) is 6.35. The number of hydrogen-bond acceptors (Lipinski definition) is 7. The number of carbonyl (C=O) groups is 2. The molecule has 0 N–H and O–H groups in total. The summed E-state index contributed by atoms with van der Waals surface area (Å²) in [5, 5.41) is 0. The van der Waals surface area contributed by atoms with E-state index in [2.05, 4.69) is 9.97 Å². The first-order valence-electron chi connectivity index (χ1n) is 15.7. The highest BCUT2D eigenvalue weighted by atomic mass is 19.4. The van der Waals surface area contributed by atoms with E-state index >= 15 is 0 Å². The van der Waals surface area contributed by atoms with Gasteiger partial charge in [0.25, 0.3) is 6.01 Å². The zero-order valence-electron chi connectivity index (χ0n) is 25.9. The summed E-state index contributed by atoms with van der Waals surface area (Å²) < 4.78 is 61.4. The van der Waals surface area contributed by atoms with Gasteiger partial charge in [0.15, 0.2) is 5.69 Å². The highest BCUT2D eigenvalue weighted by Gasteiger charge is 2.42. The Morgan fingerprint density at radius 3 is 2.30 bits per heavy atom. The number of carbonyl (C=O) groups excluding carboxylic acids is 2. The van der Waals surface area contributed by atoms with Gasteiger partial charge in [-0.2, -0.15) is 18.2 Å². The van der Waals surface area contributed by atoms with E-state index in [0.717, 1.165) is 12.8 Å². The topological polar surface area (TPSA) is 82.8 Å². The summed E-state index contributed by atoms with van der Waals surface area (Å²) in [7, 11) is 0. The molecule has 4 aromatic rings. The van der Waals surface area contributed by atoms with Gasteiger partial charge in [0.2, 0.25) is 17.5 Å². The van der Waals surface area contributed by atoms with Crippen molar-refractivity contribution in [2.45, 2.75) is 50.7 Å². The Hall–Kier alpha value is -4.74. The maximum Gasteiger partial charge on any atom is 0.437 e. The molecule has 4 heterocycles. The van der Waals surface area contributed by atoms with Crippen molar-refractivity contribution < 1.29 is 31.6 Å². The second-order valence-corrected chi connectivity index (χ2v) is 12.1. The van der Waals surface area contributed by atoms with Gasteiger partial charge in [-0.1, -0.05) is 54.6 Å². The summed E-state index contributed by atoms with van der Waals surface area (Å²) in [6.45, 7) is 4.22. The molecule has 0 bridgehead atoms. The van der Waals surface area contributed by atoms with Gasteiger partial charge in [-0.25, -0.2) is 9.37 Å². The second-order valence-electron chi connectivity index (χ2n) is 12.1. The van der Waals surface area contributed by atoms with Crippen molar-refractivity contribution in [2.24, 2.45) is 0 Å². The molecule has 2 aromatic carbocycles. The Kier molecular flexibility index (Phi) is 9.28. The Morgan fingerprint density at radius 2 is 1.64 bits per heavy atom. The first kappa shape index (κ1) is 32.2. The molecule has 12 heteroatoms. The number of piperidine rings is 1. The van der Waals surface area contributed by atoms with E-state index in [4.69, 9.17) is 4.42 Å². The number of amides is 1. The average Bonchev–Trinajstić information content (AvgIpc) is 3.54. The lowest BCUT2D eigenvalue weighted by Gasteiger charge is -2.40. The number of piperazine rings is 1. The van der Waals surface area contributed by atoms with Gasteiger partial charge >= 0.3 is 6.18 Å². The van der Waals surface area contributed by atoms with Crippen LogP contribution >= 0.6 is 0 Å². The van der Waals surface area contributed by atoms with Crippen molar-refractivity contribution in [3.8, 4) is 0 Å². The van der Waals surface area contributed by atoms with Crippen LogP contribution in [0.3, 0.4) is 0 Å². The van der Waals surface area contributed by atoms with Gasteiger partial charge in [0.05, 0.1) is 6.42 Å². The Balaban J connectivity index is 1.08. The van der Waals surface area contributed by atoms with Crippen molar-refractivity contribution in [3.05, 3.63) is 107 Å². The smallest absolute Gasteiger partial charge is 0.420 e. The molecule has 2 aliphatic rings. The molecule has 0 saturated carbocycles. The van der Waals surface area contributed by atoms with Crippen molar-refractivity contribution in [2.75, 3.05) is 42.5 Å². The Bertz CT molecular complexity index is 1700. The van der Waals surface area contributed by atoms with E-state index in [1.807, 2.05) is 42.2 Å². The first-order valence-corrected chi connectivity index (χ1v) is 15.7. The summed E-state index contributed by atoms with van der Waals surface area (Å²) in [4.78, 5) is 39.6. The molecule has 1 amide bonds. The number of Topliss-reactive ketones (excluding diaryl/α,β-unsaturated/α-hetero) is 1. The molecule has 6 rings (SSSR count). The molecule has 8 nitrogen and oxygen atoms in total. The molecular formula is C35H35F4N5O3. The van der Waals surface area contributed by atoms with E-state index in [9.17, 15) is 27.2 Å². The van der Waals surface area contributed by atoms with Gasteiger partial charge in [-0.3, -0.25) is 9.59 Å². The number of nitrogens with zero attached hydrogens (tertiary/aromatic N) is 5. The molecule has 246 valence electrons. The highest BCUT2D eigenvalue weighted by Crippen LogP contribution is 2.37.